The molecule has 342 valence electrons. The molecule has 2 heterocycles. The summed E-state index contributed by atoms with van der Waals surface area (Å²) in [6.07, 6.45) is 0. The molecule has 2 aliphatic rings. The second-order valence-corrected chi connectivity index (χ2v) is 19.0. The molecule has 0 bridgehead atoms. The lowest BCUT2D eigenvalue weighted by atomic mass is 9.66. The SMILES string of the molecule is c1ccc(N2C(c3ccccc3)(c3ccccc3)c3ccc4c(c3C2(c2ccccc2)c2ccccc2)C(c2ccccc2)(c2ccccc2)N(c2ccccc2)C4(c2ccccc2)c2ccccc2)cc1. The van der Waals surface area contributed by atoms with Crippen molar-refractivity contribution in [3.8, 4) is 0 Å². The number of hydrogen-bond acceptors (Lipinski definition) is 2. The zero-order chi connectivity index (χ0) is 48.0. The van der Waals surface area contributed by atoms with Crippen LogP contribution in [0.2, 0.25) is 0 Å². The first kappa shape index (κ1) is 43.1. The van der Waals surface area contributed by atoms with Crippen molar-refractivity contribution in [2.24, 2.45) is 0 Å². The summed E-state index contributed by atoms with van der Waals surface area (Å²) in [6.45, 7) is 0. The van der Waals surface area contributed by atoms with Crippen molar-refractivity contribution in [1.82, 2.24) is 0 Å². The van der Waals surface area contributed by atoms with Crippen LogP contribution in [0.1, 0.15) is 66.8 Å². The van der Waals surface area contributed by atoms with E-state index < -0.39 is 22.2 Å². The van der Waals surface area contributed by atoms with E-state index in [2.05, 4.69) is 325 Å². The highest BCUT2D eigenvalue weighted by Gasteiger charge is 2.69. The first-order valence-electron chi connectivity index (χ1n) is 25.1. The summed E-state index contributed by atoms with van der Waals surface area (Å²) in [5, 5.41) is 0. The Bertz CT molecular complexity index is 3190. The molecule has 0 amide bonds. The van der Waals surface area contributed by atoms with E-state index in [4.69, 9.17) is 0 Å². The van der Waals surface area contributed by atoms with Gasteiger partial charge in [-0.1, -0.05) is 291 Å². The molecule has 0 radical (unpaired) electrons. The van der Waals surface area contributed by atoms with Crippen molar-refractivity contribution in [2.45, 2.75) is 22.2 Å². The second kappa shape index (κ2) is 17.5. The average molecular weight is 921 g/mol. The maximum Gasteiger partial charge on any atom is 0.118 e. The predicted molar refractivity (Wildman–Crippen MR) is 295 cm³/mol. The van der Waals surface area contributed by atoms with E-state index >= 15 is 0 Å². The van der Waals surface area contributed by atoms with Gasteiger partial charge in [-0.25, -0.2) is 0 Å². The fourth-order valence-corrected chi connectivity index (χ4v) is 13.2. The van der Waals surface area contributed by atoms with E-state index in [-0.39, 0.29) is 0 Å². The number of para-hydroxylation sites is 2. The lowest BCUT2D eigenvalue weighted by Crippen LogP contribution is -2.55. The van der Waals surface area contributed by atoms with Gasteiger partial charge in [0.15, 0.2) is 0 Å². The van der Waals surface area contributed by atoms with Crippen LogP contribution in [-0.2, 0) is 22.2 Å². The van der Waals surface area contributed by atoms with Gasteiger partial charge >= 0.3 is 0 Å². The normalized spacial score (nSPS) is 15.6. The molecular weight excluding hydrogens is 869 g/mol. The van der Waals surface area contributed by atoms with E-state index in [0.717, 1.165) is 11.4 Å². The van der Waals surface area contributed by atoms with Crippen molar-refractivity contribution < 1.29 is 0 Å². The molecule has 0 saturated carbocycles. The highest BCUT2D eigenvalue weighted by Crippen LogP contribution is 2.70. The molecule has 0 atom stereocenters. The smallest absolute Gasteiger partial charge is 0.118 e. The zero-order valence-electron chi connectivity index (χ0n) is 39.9. The monoisotopic (exact) mass is 920 g/mol. The number of hydrogen-bond donors (Lipinski definition) is 0. The molecule has 0 spiro atoms. The third-order valence-corrected chi connectivity index (χ3v) is 15.6. The highest BCUT2D eigenvalue weighted by molar-refractivity contribution is 5.87. The molecule has 2 nitrogen and oxygen atoms in total. The molecule has 11 aromatic carbocycles. The van der Waals surface area contributed by atoms with Gasteiger partial charge in [0.2, 0.25) is 0 Å². The third kappa shape index (κ3) is 5.96. The molecule has 72 heavy (non-hydrogen) atoms. The Kier molecular flexibility index (Phi) is 10.4. The van der Waals surface area contributed by atoms with Gasteiger partial charge in [0.25, 0.3) is 0 Å². The Morgan fingerprint density at radius 2 is 0.333 bits per heavy atom. The predicted octanol–water partition coefficient (Wildman–Crippen LogP) is 15.9. The van der Waals surface area contributed by atoms with Crippen LogP contribution in [0, 0.1) is 0 Å². The number of anilines is 2. The fraction of sp³-hybridized carbons (Fsp3) is 0.0571. The Balaban J connectivity index is 1.39. The Hall–Kier alpha value is -8.98. The molecule has 11 aromatic rings. The molecule has 0 aromatic heterocycles. The molecular formula is C70H52N2. The number of nitrogens with zero attached hydrogens (tertiary/aromatic N) is 2. The first-order valence-corrected chi connectivity index (χ1v) is 25.1. The van der Waals surface area contributed by atoms with Crippen LogP contribution in [0.15, 0.2) is 315 Å². The fourth-order valence-electron chi connectivity index (χ4n) is 13.2. The van der Waals surface area contributed by atoms with E-state index in [1.165, 1.54) is 66.8 Å². The Morgan fingerprint density at radius 3 is 0.528 bits per heavy atom. The molecule has 2 heteroatoms. The van der Waals surface area contributed by atoms with Gasteiger partial charge in [0, 0.05) is 11.4 Å². The van der Waals surface area contributed by atoms with Crippen molar-refractivity contribution in [3.05, 3.63) is 382 Å². The van der Waals surface area contributed by atoms with Gasteiger partial charge in [-0.15, -0.1) is 0 Å². The molecule has 0 unspecified atom stereocenters. The quantitative estimate of drug-likeness (QED) is 0.135. The van der Waals surface area contributed by atoms with Gasteiger partial charge in [0.05, 0.1) is 0 Å². The highest BCUT2D eigenvalue weighted by atomic mass is 15.3. The van der Waals surface area contributed by atoms with Crippen molar-refractivity contribution in [3.63, 3.8) is 0 Å². The Labute approximate surface area is 423 Å². The van der Waals surface area contributed by atoms with Crippen LogP contribution < -0.4 is 9.80 Å². The summed E-state index contributed by atoms with van der Waals surface area (Å²) < 4.78 is 0. The zero-order valence-corrected chi connectivity index (χ0v) is 39.9. The van der Waals surface area contributed by atoms with E-state index in [9.17, 15) is 0 Å². The van der Waals surface area contributed by atoms with Crippen LogP contribution in [-0.4, -0.2) is 0 Å². The minimum absolute atomic E-state index is 0.901. The van der Waals surface area contributed by atoms with Crippen LogP contribution in [0.25, 0.3) is 0 Å². The van der Waals surface area contributed by atoms with Gasteiger partial charge in [-0.3, -0.25) is 0 Å². The van der Waals surface area contributed by atoms with Crippen LogP contribution >= 0.6 is 0 Å². The first-order chi connectivity index (χ1) is 35.8. The molecule has 2 aliphatic heterocycles. The summed E-state index contributed by atoms with van der Waals surface area (Å²) in [7, 11) is 0. The number of rotatable bonds is 10. The second-order valence-electron chi connectivity index (χ2n) is 19.0. The van der Waals surface area contributed by atoms with Crippen LogP contribution in [0.3, 0.4) is 0 Å². The molecule has 0 aliphatic carbocycles. The molecule has 0 saturated heterocycles. The van der Waals surface area contributed by atoms with Crippen molar-refractivity contribution >= 4 is 11.4 Å². The lowest BCUT2D eigenvalue weighted by molar-refractivity contribution is 0.479. The van der Waals surface area contributed by atoms with E-state index in [1.807, 2.05) is 0 Å². The van der Waals surface area contributed by atoms with Gasteiger partial charge in [-0.2, -0.15) is 0 Å². The van der Waals surface area contributed by atoms with Crippen LogP contribution in [0.4, 0.5) is 11.4 Å². The average Bonchev–Trinajstić information content (AvgIpc) is 3.93. The maximum atomic E-state index is 2.80. The Morgan fingerprint density at radius 1 is 0.167 bits per heavy atom. The largest absolute Gasteiger partial charge is 0.336 e. The standard InChI is InChI=1S/C70H52N2/c1-11-31-53(32-12-1)67(54-33-13-2-14-34-54)63-51-52-64-66(65(63)69(57-39-19-5-20-40-57,58-41-21-6-22-42-58)71(67)61-47-27-9-28-48-61)70(59-43-23-7-24-44-59,60-45-25-8-26-46-60)72(62-49-29-10-30-50-62)68(64,55-35-15-3-16-36-55)56-37-17-4-18-38-56/h1-52H. The van der Waals surface area contributed by atoms with Gasteiger partial charge in [-0.05, 0) is 91.0 Å². The van der Waals surface area contributed by atoms with Gasteiger partial charge in [0.1, 0.15) is 22.2 Å². The summed E-state index contributed by atoms with van der Waals surface area (Å²) in [4.78, 5) is 5.61. The van der Waals surface area contributed by atoms with Crippen LogP contribution in [0.5, 0.6) is 0 Å². The maximum absolute atomic E-state index is 2.80. The summed E-state index contributed by atoms with van der Waals surface area (Å²) in [5.74, 6) is 0. The minimum Gasteiger partial charge on any atom is -0.336 e. The molecule has 0 N–H and O–H groups in total. The van der Waals surface area contributed by atoms with Crippen molar-refractivity contribution in [2.75, 3.05) is 9.80 Å². The summed E-state index contributed by atoms with van der Waals surface area (Å²) in [6, 6.07) is 118. The topological polar surface area (TPSA) is 6.48 Å². The minimum atomic E-state index is -0.989. The van der Waals surface area contributed by atoms with E-state index in [0.29, 0.717) is 0 Å². The van der Waals surface area contributed by atoms with Crippen molar-refractivity contribution in [1.29, 1.82) is 0 Å². The van der Waals surface area contributed by atoms with Gasteiger partial charge < -0.3 is 9.80 Å². The lowest BCUT2D eigenvalue weighted by Gasteiger charge is -2.52. The molecule has 0 fully saturated rings. The number of benzene rings is 11. The summed E-state index contributed by atoms with van der Waals surface area (Å²) >= 11 is 0. The number of fused-ring (bicyclic) bond motifs is 3. The third-order valence-electron chi connectivity index (χ3n) is 15.6. The summed E-state index contributed by atoms with van der Waals surface area (Å²) in [5.41, 5.74) is 12.7. The van der Waals surface area contributed by atoms with E-state index in [1.54, 1.807) is 0 Å². The molecule has 13 rings (SSSR count).